The van der Waals surface area contributed by atoms with Crippen molar-refractivity contribution < 1.29 is 14.7 Å². The van der Waals surface area contributed by atoms with Crippen LogP contribution in [0.5, 0.6) is 0 Å². The predicted molar refractivity (Wildman–Crippen MR) is 84.2 cm³/mol. The smallest absolute Gasteiger partial charge is 0.243 e. The third-order valence-corrected chi connectivity index (χ3v) is 4.46. The highest BCUT2D eigenvalue weighted by Crippen LogP contribution is 2.20. The molecule has 0 aromatic carbocycles. The monoisotopic (exact) mass is 326 g/mol. The van der Waals surface area contributed by atoms with Crippen LogP contribution in [0.4, 0.5) is 0 Å². The normalized spacial score (nSPS) is 29.3. The first-order chi connectivity index (χ1) is 10.8. The van der Waals surface area contributed by atoms with Crippen molar-refractivity contribution in [2.45, 2.75) is 57.0 Å². The zero-order valence-corrected chi connectivity index (χ0v) is 13.4. The Labute approximate surface area is 135 Å². The van der Waals surface area contributed by atoms with E-state index in [9.17, 15) is 14.7 Å². The zero-order chi connectivity index (χ0) is 17.1. The van der Waals surface area contributed by atoms with Gasteiger partial charge in [0.25, 0.3) is 0 Å². The van der Waals surface area contributed by atoms with Crippen molar-refractivity contribution in [2.75, 3.05) is 13.1 Å². The predicted octanol–water partition coefficient (Wildman–Crippen LogP) is -1.88. The molecule has 7 N–H and O–H groups in total. The highest BCUT2D eigenvalue weighted by atomic mass is 16.3. The average molecular weight is 326 g/mol. The number of nitrogens with zero attached hydrogens (tertiary/aromatic N) is 2. The van der Waals surface area contributed by atoms with Crippen molar-refractivity contribution in [2.24, 2.45) is 11.5 Å². The molecule has 2 aliphatic heterocycles. The number of nitrogens with one attached hydrogen (secondary N) is 2. The molecule has 0 aromatic heterocycles. The van der Waals surface area contributed by atoms with Gasteiger partial charge in [0, 0.05) is 13.1 Å². The lowest BCUT2D eigenvalue weighted by molar-refractivity contribution is -0.140. The summed E-state index contributed by atoms with van der Waals surface area (Å²) in [6, 6.07) is -1.70. The summed E-state index contributed by atoms with van der Waals surface area (Å²) in [5.41, 5.74) is 11.1. The van der Waals surface area contributed by atoms with Gasteiger partial charge in [0.2, 0.25) is 11.8 Å². The van der Waals surface area contributed by atoms with Crippen LogP contribution in [0, 0.1) is 5.41 Å². The van der Waals surface area contributed by atoms with Crippen molar-refractivity contribution in [3.8, 4) is 0 Å². The van der Waals surface area contributed by atoms with Gasteiger partial charge in [0.15, 0.2) is 5.96 Å². The van der Waals surface area contributed by atoms with E-state index >= 15 is 0 Å². The van der Waals surface area contributed by atoms with Crippen LogP contribution in [0.3, 0.4) is 0 Å². The molecule has 0 aromatic rings. The lowest BCUT2D eigenvalue weighted by atomic mass is 10.0. The molecule has 0 aliphatic carbocycles. The first-order valence-corrected chi connectivity index (χ1v) is 7.98. The van der Waals surface area contributed by atoms with Crippen LogP contribution < -0.4 is 16.8 Å². The number of aliphatic hydroxyl groups excluding tert-OH is 1. The summed E-state index contributed by atoms with van der Waals surface area (Å²) in [7, 11) is 0. The molecular weight excluding hydrogens is 300 g/mol. The number of guanidine groups is 1. The van der Waals surface area contributed by atoms with Crippen molar-refractivity contribution in [3.05, 3.63) is 0 Å². The molecule has 2 heterocycles. The van der Waals surface area contributed by atoms with Crippen LogP contribution in [0.15, 0.2) is 0 Å². The van der Waals surface area contributed by atoms with E-state index in [4.69, 9.17) is 16.9 Å². The van der Waals surface area contributed by atoms with Crippen molar-refractivity contribution in [1.29, 1.82) is 5.41 Å². The summed E-state index contributed by atoms with van der Waals surface area (Å²) in [6.07, 6.45) is 1.64. The number of piperidine rings is 1. The maximum absolute atomic E-state index is 12.5. The number of nitrogens with two attached hydrogens (primary N) is 2. The van der Waals surface area contributed by atoms with E-state index in [0.717, 1.165) is 6.42 Å². The minimum atomic E-state index is -1.02. The average Bonchev–Trinajstić information content (AvgIpc) is 2.97. The van der Waals surface area contributed by atoms with E-state index < -0.39 is 24.4 Å². The quantitative estimate of drug-likeness (QED) is 0.303. The Bertz CT molecular complexity index is 483. The van der Waals surface area contributed by atoms with Crippen molar-refractivity contribution >= 4 is 17.8 Å². The number of amides is 2. The number of carbonyl (C=O) groups is 2. The van der Waals surface area contributed by atoms with E-state index in [1.165, 1.54) is 9.80 Å². The Morgan fingerprint density at radius 2 is 1.87 bits per heavy atom. The van der Waals surface area contributed by atoms with Crippen LogP contribution in [0.25, 0.3) is 0 Å². The van der Waals surface area contributed by atoms with Crippen molar-refractivity contribution in [3.63, 3.8) is 0 Å². The summed E-state index contributed by atoms with van der Waals surface area (Å²) < 4.78 is 0. The topological polar surface area (TPSA) is 149 Å². The summed E-state index contributed by atoms with van der Waals surface area (Å²) in [5.74, 6) is -0.741. The number of carbonyl (C=O) groups excluding carboxylic acids is 2. The van der Waals surface area contributed by atoms with Crippen LogP contribution in [-0.2, 0) is 9.59 Å². The minimum absolute atomic E-state index is 0.217. The molecule has 0 saturated carbocycles. The number of likely N-dealkylation sites (tertiary alicyclic amines) is 2. The third-order valence-electron chi connectivity index (χ3n) is 4.46. The number of hydrogen-bond acceptors (Lipinski definition) is 5. The lowest BCUT2D eigenvalue weighted by Gasteiger charge is -2.39. The van der Waals surface area contributed by atoms with Gasteiger partial charge in [-0.2, -0.15) is 0 Å². The highest BCUT2D eigenvalue weighted by molar-refractivity contribution is 5.90. The fourth-order valence-corrected chi connectivity index (χ4v) is 3.23. The summed E-state index contributed by atoms with van der Waals surface area (Å²) in [6.45, 7) is 2.61. The molecule has 2 amide bonds. The van der Waals surface area contributed by atoms with E-state index in [-0.39, 0.29) is 17.8 Å². The van der Waals surface area contributed by atoms with Gasteiger partial charge in [-0.3, -0.25) is 15.0 Å². The fourth-order valence-electron chi connectivity index (χ4n) is 3.23. The molecule has 9 heteroatoms. The number of aliphatic hydroxyl groups is 1. The Hall–Kier alpha value is -1.87. The molecule has 2 rings (SSSR count). The Balaban J connectivity index is 2.00. The van der Waals surface area contributed by atoms with Gasteiger partial charge >= 0.3 is 0 Å². The molecule has 0 spiro atoms. The van der Waals surface area contributed by atoms with Crippen LogP contribution >= 0.6 is 0 Å². The minimum Gasteiger partial charge on any atom is -0.371 e. The lowest BCUT2D eigenvalue weighted by Crippen LogP contribution is -2.60. The van der Waals surface area contributed by atoms with Gasteiger partial charge in [0.05, 0.1) is 12.1 Å². The number of rotatable bonds is 3. The van der Waals surface area contributed by atoms with Crippen molar-refractivity contribution in [1.82, 2.24) is 15.1 Å². The molecule has 2 aliphatic rings. The second kappa shape index (κ2) is 7.14. The SMILES string of the molecule is CC(N)C(=O)N1CCCC1C(=O)NC1CCCN(C(=N)N)C1O. The summed E-state index contributed by atoms with van der Waals surface area (Å²) >= 11 is 0. The van der Waals surface area contributed by atoms with Crippen LogP contribution in [0.1, 0.15) is 32.6 Å². The van der Waals surface area contributed by atoms with Gasteiger partial charge in [-0.15, -0.1) is 0 Å². The van der Waals surface area contributed by atoms with Gasteiger partial charge < -0.3 is 31.7 Å². The second-order valence-electron chi connectivity index (χ2n) is 6.23. The second-order valence-corrected chi connectivity index (χ2v) is 6.23. The maximum atomic E-state index is 12.5. The first-order valence-electron chi connectivity index (χ1n) is 7.98. The fraction of sp³-hybridized carbons (Fsp3) is 0.786. The standard InChI is InChI=1S/C14H26N6O3/c1-8(15)12(22)19-6-3-5-10(19)11(21)18-9-4-2-7-20(13(9)23)14(16)17/h8-10,13,23H,2-7,15H2,1H3,(H3,16,17)(H,18,21). The maximum Gasteiger partial charge on any atom is 0.243 e. The van der Waals surface area contributed by atoms with E-state index in [0.29, 0.717) is 32.4 Å². The van der Waals surface area contributed by atoms with Crippen LogP contribution in [0.2, 0.25) is 0 Å². The van der Waals surface area contributed by atoms with Gasteiger partial charge in [-0.25, -0.2) is 0 Å². The Morgan fingerprint density at radius 3 is 2.48 bits per heavy atom. The molecule has 0 bridgehead atoms. The van der Waals surface area contributed by atoms with Gasteiger partial charge in [0.1, 0.15) is 12.3 Å². The zero-order valence-electron chi connectivity index (χ0n) is 13.4. The Kier molecular flexibility index (Phi) is 5.42. The highest BCUT2D eigenvalue weighted by Gasteiger charge is 2.38. The van der Waals surface area contributed by atoms with Gasteiger partial charge in [-0.05, 0) is 32.6 Å². The molecular formula is C14H26N6O3. The molecule has 23 heavy (non-hydrogen) atoms. The third kappa shape index (κ3) is 3.73. The van der Waals surface area contributed by atoms with Crippen LogP contribution in [-0.4, -0.2) is 70.1 Å². The largest absolute Gasteiger partial charge is 0.371 e. The Morgan fingerprint density at radius 1 is 1.26 bits per heavy atom. The first kappa shape index (κ1) is 17.5. The van der Waals surface area contributed by atoms with E-state index in [1.54, 1.807) is 6.92 Å². The molecule has 4 unspecified atom stereocenters. The molecule has 2 fully saturated rings. The molecule has 9 nitrogen and oxygen atoms in total. The van der Waals surface area contributed by atoms with Gasteiger partial charge in [-0.1, -0.05) is 0 Å². The molecule has 2 saturated heterocycles. The summed E-state index contributed by atoms with van der Waals surface area (Å²) in [4.78, 5) is 27.5. The molecule has 0 radical (unpaired) electrons. The summed E-state index contributed by atoms with van der Waals surface area (Å²) in [5, 5.41) is 20.5. The molecule has 130 valence electrons. The number of hydrogen-bond donors (Lipinski definition) is 5. The molecule has 4 atom stereocenters. The van der Waals surface area contributed by atoms with E-state index in [1.807, 2.05) is 0 Å². The van der Waals surface area contributed by atoms with E-state index in [2.05, 4.69) is 5.32 Å².